The van der Waals surface area contributed by atoms with Gasteiger partial charge in [0.1, 0.15) is 11.4 Å². The predicted molar refractivity (Wildman–Crippen MR) is 98.0 cm³/mol. The Bertz CT molecular complexity index is 606. The molecule has 0 saturated carbocycles. The van der Waals surface area contributed by atoms with Gasteiger partial charge in [-0.2, -0.15) is 0 Å². The highest BCUT2D eigenvalue weighted by Gasteiger charge is 2.43. The predicted octanol–water partition coefficient (Wildman–Crippen LogP) is 4.28. The van der Waals surface area contributed by atoms with E-state index in [-0.39, 0.29) is 29.3 Å². The Kier molecular flexibility index (Phi) is 6.58. The van der Waals surface area contributed by atoms with Gasteiger partial charge in [0.2, 0.25) is 5.91 Å². The average Bonchev–Trinajstić information content (AvgIpc) is 2.90. The van der Waals surface area contributed by atoms with Crippen molar-refractivity contribution in [1.29, 1.82) is 0 Å². The Labute approximate surface area is 152 Å². The molecule has 2 rings (SSSR count). The van der Waals surface area contributed by atoms with E-state index in [1.807, 2.05) is 45.9 Å². The Morgan fingerprint density at radius 2 is 2.04 bits per heavy atom. The highest BCUT2D eigenvalue weighted by atomic mass is 35.5. The van der Waals surface area contributed by atoms with Gasteiger partial charge in [0.25, 0.3) is 0 Å². The van der Waals surface area contributed by atoms with Crippen molar-refractivity contribution >= 4 is 35.2 Å². The molecule has 1 fully saturated rings. The molecule has 24 heavy (non-hydrogen) atoms. The normalized spacial score (nSPS) is 20.7. The number of amides is 1. The summed E-state index contributed by atoms with van der Waals surface area (Å²) in [4.78, 5) is 26.9. The topological polar surface area (TPSA) is 46.6 Å². The summed E-state index contributed by atoms with van der Waals surface area (Å²) in [5.41, 5.74) is 0.935. The number of rotatable bonds is 5. The lowest BCUT2D eigenvalue weighted by Gasteiger charge is -2.29. The van der Waals surface area contributed by atoms with Crippen LogP contribution in [0.4, 0.5) is 0 Å². The summed E-state index contributed by atoms with van der Waals surface area (Å²) >= 11 is 7.68. The van der Waals surface area contributed by atoms with Gasteiger partial charge >= 0.3 is 5.97 Å². The van der Waals surface area contributed by atoms with Crippen molar-refractivity contribution < 1.29 is 14.3 Å². The van der Waals surface area contributed by atoms with E-state index < -0.39 is 6.04 Å². The van der Waals surface area contributed by atoms with Crippen molar-refractivity contribution in [1.82, 2.24) is 4.90 Å². The van der Waals surface area contributed by atoms with Gasteiger partial charge in [-0.1, -0.05) is 37.6 Å². The van der Waals surface area contributed by atoms with E-state index in [1.54, 1.807) is 22.7 Å². The number of esters is 1. The van der Waals surface area contributed by atoms with Gasteiger partial charge in [0.15, 0.2) is 0 Å². The van der Waals surface area contributed by atoms with Crippen molar-refractivity contribution in [2.75, 3.05) is 5.75 Å². The standard InChI is InChI=1S/C18H24ClNO3S/c1-11(2)8-16(21)20-15(18(22)23-12(3)4)10-24-17(20)13-6-5-7-14(19)9-13/h5-7,9,11-12,15,17H,8,10H2,1-4H3. The van der Waals surface area contributed by atoms with Gasteiger partial charge in [-0.15, -0.1) is 11.8 Å². The lowest BCUT2D eigenvalue weighted by Crippen LogP contribution is -2.44. The van der Waals surface area contributed by atoms with Crippen LogP contribution in [0.5, 0.6) is 0 Å². The second kappa shape index (κ2) is 8.26. The zero-order valence-electron chi connectivity index (χ0n) is 14.5. The third-order valence-electron chi connectivity index (χ3n) is 3.63. The van der Waals surface area contributed by atoms with Crippen LogP contribution >= 0.6 is 23.4 Å². The Balaban J connectivity index is 2.30. The van der Waals surface area contributed by atoms with Crippen LogP contribution in [-0.4, -0.2) is 34.7 Å². The smallest absolute Gasteiger partial charge is 0.330 e. The second-order valence-corrected chi connectivity index (χ2v) is 8.19. The van der Waals surface area contributed by atoms with E-state index in [4.69, 9.17) is 16.3 Å². The number of hydrogen-bond donors (Lipinski definition) is 0. The molecule has 2 atom stereocenters. The number of nitrogens with zero attached hydrogens (tertiary/aromatic N) is 1. The monoisotopic (exact) mass is 369 g/mol. The number of thioether (sulfide) groups is 1. The highest BCUT2D eigenvalue weighted by Crippen LogP contribution is 2.42. The zero-order valence-corrected chi connectivity index (χ0v) is 16.1. The van der Waals surface area contributed by atoms with Gasteiger partial charge in [-0.3, -0.25) is 4.79 Å². The molecule has 1 heterocycles. The van der Waals surface area contributed by atoms with Crippen molar-refractivity contribution in [2.45, 2.75) is 51.6 Å². The second-order valence-electron chi connectivity index (χ2n) is 6.64. The molecule has 0 radical (unpaired) electrons. The number of benzene rings is 1. The van der Waals surface area contributed by atoms with Crippen LogP contribution in [0, 0.1) is 5.92 Å². The maximum Gasteiger partial charge on any atom is 0.330 e. The minimum Gasteiger partial charge on any atom is -0.461 e. The molecule has 6 heteroatoms. The highest BCUT2D eigenvalue weighted by molar-refractivity contribution is 7.99. The van der Waals surface area contributed by atoms with Crippen molar-refractivity contribution in [3.63, 3.8) is 0 Å². The lowest BCUT2D eigenvalue weighted by atomic mass is 10.1. The number of ether oxygens (including phenoxy) is 1. The summed E-state index contributed by atoms with van der Waals surface area (Å²) in [5, 5.41) is 0.414. The van der Waals surface area contributed by atoms with E-state index >= 15 is 0 Å². The third kappa shape index (κ3) is 4.67. The molecule has 0 N–H and O–H groups in total. The minimum atomic E-state index is -0.548. The minimum absolute atomic E-state index is 0.0225. The van der Waals surface area contributed by atoms with E-state index in [2.05, 4.69) is 0 Å². The number of carbonyl (C=O) groups excluding carboxylic acids is 2. The fourth-order valence-electron chi connectivity index (χ4n) is 2.68. The first kappa shape index (κ1) is 19.1. The van der Waals surface area contributed by atoms with Crippen molar-refractivity contribution in [2.24, 2.45) is 5.92 Å². The fraction of sp³-hybridized carbons (Fsp3) is 0.556. The molecule has 0 aromatic heterocycles. The van der Waals surface area contributed by atoms with Crippen LogP contribution in [0.1, 0.15) is 45.1 Å². The summed E-state index contributed by atoms with van der Waals surface area (Å²) < 4.78 is 5.36. The first-order chi connectivity index (χ1) is 11.3. The van der Waals surface area contributed by atoms with Crippen LogP contribution in [-0.2, 0) is 14.3 Å². The number of halogens is 1. The molecule has 132 valence electrons. The fourth-order valence-corrected chi connectivity index (χ4v) is 4.30. The van der Waals surface area contributed by atoms with E-state index in [9.17, 15) is 9.59 Å². The van der Waals surface area contributed by atoms with Crippen LogP contribution < -0.4 is 0 Å². The van der Waals surface area contributed by atoms with Crippen LogP contribution in [0.3, 0.4) is 0 Å². The van der Waals surface area contributed by atoms with Crippen LogP contribution in [0.2, 0.25) is 5.02 Å². The molecule has 2 unspecified atom stereocenters. The number of hydrogen-bond acceptors (Lipinski definition) is 4. The zero-order chi connectivity index (χ0) is 17.9. The SMILES string of the molecule is CC(C)CC(=O)N1C(C(=O)OC(C)C)CSC1c1cccc(Cl)c1. The van der Waals surface area contributed by atoms with Gasteiger partial charge in [0, 0.05) is 17.2 Å². The maximum atomic E-state index is 12.8. The van der Waals surface area contributed by atoms with Crippen molar-refractivity contribution in [3.05, 3.63) is 34.9 Å². The largest absolute Gasteiger partial charge is 0.461 e. The summed E-state index contributed by atoms with van der Waals surface area (Å²) in [6.07, 6.45) is 0.207. The molecule has 4 nitrogen and oxygen atoms in total. The van der Waals surface area contributed by atoms with Gasteiger partial charge in [0.05, 0.1) is 6.10 Å². The Hall–Kier alpha value is -1.20. The molecule has 1 aliphatic rings. The molecular formula is C18H24ClNO3S. The molecular weight excluding hydrogens is 346 g/mol. The Morgan fingerprint density at radius 3 is 2.62 bits per heavy atom. The maximum absolute atomic E-state index is 12.8. The number of carbonyl (C=O) groups is 2. The van der Waals surface area contributed by atoms with Gasteiger partial charge < -0.3 is 9.64 Å². The Morgan fingerprint density at radius 1 is 1.33 bits per heavy atom. The molecule has 1 aromatic rings. The van der Waals surface area contributed by atoms with E-state index in [0.29, 0.717) is 17.2 Å². The molecule has 0 bridgehead atoms. The molecule has 1 aliphatic heterocycles. The molecule has 1 amide bonds. The first-order valence-electron chi connectivity index (χ1n) is 8.18. The summed E-state index contributed by atoms with van der Waals surface area (Å²) in [6, 6.07) is 6.91. The van der Waals surface area contributed by atoms with E-state index in [1.165, 1.54) is 0 Å². The van der Waals surface area contributed by atoms with Gasteiger partial charge in [-0.05, 0) is 37.5 Å². The summed E-state index contributed by atoms with van der Waals surface area (Å²) in [6.45, 7) is 7.62. The first-order valence-corrected chi connectivity index (χ1v) is 9.61. The lowest BCUT2D eigenvalue weighted by molar-refractivity contribution is -0.157. The average molecular weight is 370 g/mol. The quantitative estimate of drug-likeness (QED) is 0.727. The van der Waals surface area contributed by atoms with Crippen molar-refractivity contribution in [3.8, 4) is 0 Å². The molecule has 1 saturated heterocycles. The van der Waals surface area contributed by atoms with E-state index in [0.717, 1.165) is 5.56 Å². The van der Waals surface area contributed by atoms with Crippen LogP contribution in [0.15, 0.2) is 24.3 Å². The van der Waals surface area contributed by atoms with Gasteiger partial charge in [-0.25, -0.2) is 4.79 Å². The molecule has 1 aromatic carbocycles. The summed E-state index contributed by atoms with van der Waals surface area (Å²) in [7, 11) is 0. The molecule has 0 spiro atoms. The molecule has 0 aliphatic carbocycles. The third-order valence-corrected chi connectivity index (χ3v) is 5.19. The van der Waals surface area contributed by atoms with Crippen LogP contribution in [0.25, 0.3) is 0 Å². The summed E-state index contributed by atoms with van der Waals surface area (Å²) in [5.74, 6) is 0.404.